The van der Waals surface area contributed by atoms with Crippen LogP contribution in [0.3, 0.4) is 0 Å². The van der Waals surface area contributed by atoms with E-state index >= 15 is 0 Å². The summed E-state index contributed by atoms with van der Waals surface area (Å²) in [4.78, 5) is 15.6. The van der Waals surface area contributed by atoms with E-state index in [1.807, 2.05) is 0 Å². The van der Waals surface area contributed by atoms with Crippen molar-refractivity contribution in [2.45, 2.75) is 13.3 Å². The van der Waals surface area contributed by atoms with Crippen LogP contribution in [0.1, 0.15) is 18.2 Å². The summed E-state index contributed by atoms with van der Waals surface area (Å²) in [5, 5.41) is 16.2. The highest BCUT2D eigenvalue weighted by atomic mass is 79.9. The first-order chi connectivity index (χ1) is 11.5. The number of rotatable bonds is 7. The molecule has 0 aliphatic rings. The maximum Gasteiger partial charge on any atom is 0.311 e. The molecular weight excluding hydrogens is 398 g/mol. The van der Waals surface area contributed by atoms with Crippen LogP contribution >= 0.6 is 27.3 Å². The molecule has 0 bridgehead atoms. The van der Waals surface area contributed by atoms with Gasteiger partial charge >= 0.3 is 5.97 Å². The van der Waals surface area contributed by atoms with Crippen molar-refractivity contribution in [2.24, 2.45) is 5.10 Å². The number of hydrazone groups is 1. The van der Waals surface area contributed by atoms with Gasteiger partial charge in [0.1, 0.15) is 0 Å². The molecule has 0 unspecified atom stereocenters. The first kappa shape index (κ1) is 18.2. The van der Waals surface area contributed by atoms with Gasteiger partial charge in [0.2, 0.25) is 5.13 Å². The largest absolute Gasteiger partial charge is 0.503 e. The van der Waals surface area contributed by atoms with E-state index in [-0.39, 0.29) is 18.1 Å². The van der Waals surface area contributed by atoms with Crippen molar-refractivity contribution >= 4 is 44.6 Å². The second kappa shape index (κ2) is 8.65. The summed E-state index contributed by atoms with van der Waals surface area (Å²) in [5.41, 5.74) is 4.16. The Kier molecular flexibility index (Phi) is 6.56. The molecule has 9 heteroatoms. The Morgan fingerprint density at radius 1 is 1.54 bits per heavy atom. The molecule has 7 nitrogen and oxygen atoms in total. The molecule has 0 saturated heterocycles. The van der Waals surface area contributed by atoms with Gasteiger partial charge in [-0.25, -0.2) is 4.98 Å². The lowest BCUT2D eigenvalue weighted by molar-refractivity contribution is -0.142. The van der Waals surface area contributed by atoms with E-state index in [9.17, 15) is 9.90 Å². The maximum atomic E-state index is 11.4. The van der Waals surface area contributed by atoms with Crippen LogP contribution in [0.5, 0.6) is 11.5 Å². The van der Waals surface area contributed by atoms with Gasteiger partial charge in [0.25, 0.3) is 0 Å². The number of carbonyl (C=O) groups is 1. The highest BCUT2D eigenvalue weighted by Gasteiger charge is 2.09. The minimum absolute atomic E-state index is 0.0335. The molecule has 0 atom stereocenters. The molecule has 0 fully saturated rings. The summed E-state index contributed by atoms with van der Waals surface area (Å²) >= 11 is 4.59. The Morgan fingerprint density at radius 2 is 2.33 bits per heavy atom. The number of benzene rings is 1. The molecule has 0 saturated carbocycles. The van der Waals surface area contributed by atoms with Crippen LogP contribution in [-0.2, 0) is 16.0 Å². The van der Waals surface area contributed by atoms with E-state index in [1.54, 1.807) is 30.7 Å². The third-order valence-electron chi connectivity index (χ3n) is 2.83. The van der Waals surface area contributed by atoms with Crippen molar-refractivity contribution < 1.29 is 19.4 Å². The van der Waals surface area contributed by atoms with Gasteiger partial charge in [-0.2, -0.15) is 5.10 Å². The van der Waals surface area contributed by atoms with Crippen molar-refractivity contribution in [3.63, 3.8) is 0 Å². The molecule has 1 heterocycles. The van der Waals surface area contributed by atoms with E-state index in [0.29, 0.717) is 27.7 Å². The topological polar surface area (TPSA) is 93.0 Å². The lowest BCUT2D eigenvalue weighted by atomic mass is 10.2. The minimum Gasteiger partial charge on any atom is -0.503 e. The summed E-state index contributed by atoms with van der Waals surface area (Å²) in [6, 6.07) is 3.36. The van der Waals surface area contributed by atoms with Crippen LogP contribution in [-0.4, -0.2) is 36.0 Å². The molecule has 0 aliphatic carbocycles. The van der Waals surface area contributed by atoms with E-state index in [0.717, 1.165) is 5.56 Å². The number of carbonyl (C=O) groups excluding carboxylic acids is 1. The number of hydrogen-bond acceptors (Lipinski definition) is 8. The number of ether oxygens (including phenoxy) is 2. The van der Waals surface area contributed by atoms with Crippen molar-refractivity contribution in [1.82, 2.24) is 4.98 Å². The molecule has 2 N–H and O–H groups in total. The number of methoxy groups -OCH3 is 1. The number of aromatic nitrogens is 1. The van der Waals surface area contributed by atoms with Crippen molar-refractivity contribution in [3.8, 4) is 11.5 Å². The van der Waals surface area contributed by atoms with Gasteiger partial charge in [-0.1, -0.05) is 0 Å². The van der Waals surface area contributed by atoms with Crippen LogP contribution in [0.2, 0.25) is 0 Å². The first-order valence-corrected chi connectivity index (χ1v) is 8.66. The Labute approximate surface area is 151 Å². The third-order valence-corrected chi connectivity index (χ3v) is 4.23. The Morgan fingerprint density at radius 3 is 3.04 bits per heavy atom. The Balaban J connectivity index is 1.98. The zero-order valence-corrected chi connectivity index (χ0v) is 15.5. The summed E-state index contributed by atoms with van der Waals surface area (Å²) < 4.78 is 10.5. The molecule has 24 heavy (non-hydrogen) atoms. The van der Waals surface area contributed by atoms with E-state index < -0.39 is 0 Å². The fraction of sp³-hybridized carbons (Fsp3) is 0.267. The number of halogens is 1. The van der Waals surface area contributed by atoms with Crippen LogP contribution < -0.4 is 10.2 Å². The normalized spacial score (nSPS) is 10.8. The number of aromatic hydroxyl groups is 1. The first-order valence-electron chi connectivity index (χ1n) is 6.99. The molecule has 0 spiro atoms. The van der Waals surface area contributed by atoms with Crippen molar-refractivity contribution in [3.05, 3.63) is 33.2 Å². The molecule has 0 aliphatic heterocycles. The highest BCUT2D eigenvalue weighted by molar-refractivity contribution is 9.10. The summed E-state index contributed by atoms with van der Waals surface area (Å²) in [7, 11) is 1.47. The molecule has 1 aromatic heterocycles. The van der Waals surface area contributed by atoms with Gasteiger partial charge < -0.3 is 14.6 Å². The van der Waals surface area contributed by atoms with Crippen LogP contribution in [0.4, 0.5) is 5.13 Å². The van der Waals surface area contributed by atoms with Crippen LogP contribution in [0.25, 0.3) is 0 Å². The zero-order chi connectivity index (χ0) is 17.5. The van der Waals surface area contributed by atoms with Gasteiger partial charge in [0.15, 0.2) is 11.5 Å². The average Bonchev–Trinajstić information content (AvgIpc) is 2.98. The van der Waals surface area contributed by atoms with E-state index in [2.05, 4.69) is 31.4 Å². The number of nitrogens with zero attached hydrogens (tertiary/aromatic N) is 2. The minimum atomic E-state index is -0.307. The molecule has 2 aromatic rings. The standard InChI is InChI=1S/C15H16BrN3O4S/c1-3-23-13(20)6-10-8-24-15(18-10)19-17-7-9-4-11(16)14(21)12(5-9)22-2/h4-5,7-8,21H,3,6H2,1-2H3,(H,18,19). The van der Waals surface area contributed by atoms with Gasteiger partial charge in [-0.15, -0.1) is 11.3 Å². The molecule has 1 aromatic carbocycles. The molecule has 2 rings (SSSR count). The zero-order valence-electron chi connectivity index (χ0n) is 13.1. The quantitative estimate of drug-likeness (QED) is 0.411. The van der Waals surface area contributed by atoms with Crippen LogP contribution in [0, 0.1) is 0 Å². The predicted molar refractivity (Wildman–Crippen MR) is 96.0 cm³/mol. The second-order valence-electron chi connectivity index (χ2n) is 4.55. The van der Waals surface area contributed by atoms with Crippen molar-refractivity contribution in [1.29, 1.82) is 0 Å². The Hall–Kier alpha value is -2.13. The monoisotopic (exact) mass is 413 g/mol. The summed E-state index contributed by atoms with van der Waals surface area (Å²) in [6.45, 7) is 2.11. The number of esters is 1. The number of phenolic OH excluding ortho intramolecular Hbond substituents is 1. The SMILES string of the molecule is CCOC(=O)Cc1csc(NN=Cc2cc(Br)c(O)c(OC)c2)n1. The Bertz CT molecular complexity index is 748. The molecule has 0 amide bonds. The number of nitrogens with one attached hydrogen (secondary N) is 1. The number of hydrogen-bond donors (Lipinski definition) is 2. The fourth-order valence-corrected chi connectivity index (χ4v) is 2.90. The molecule has 0 radical (unpaired) electrons. The maximum absolute atomic E-state index is 11.4. The van der Waals surface area contributed by atoms with Gasteiger partial charge in [-0.05, 0) is 40.5 Å². The number of thiazole rings is 1. The van der Waals surface area contributed by atoms with Gasteiger partial charge in [0, 0.05) is 5.38 Å². The predicted octanol–water partition coefficient (Wildman–Crippen LogP) is 3.17. The van der Waals surface area contributed by atoms with Gasteiger partial charge in [-0.3, -0.25) is 10.2 Å². The van der Waals surface area contributed by atoms with E-state index in [4.69, 9.17) is 9.47 Å². The molecule has 128 valence electrons. The van der Waals surface area contributed by atoms with Crippen LogP contribution in [0.15, 0.2) is 27.1 Å². The fourth-order valence-electron chi connectivity index (χ4n) is 1.79. The summed E-state index contributed by atoms with van der Waals surface area (Å²) in [6.07, 6.45) is 1.71. The summed E-state index contributed by atoms with van der Waals surface area (Å²) in [5.74, 6) is 0.0711. The lowest BCUT2D eigenvalue weighted by Crippen LogP contribution is -2.07. The number of phenols is 1. The van der Waals surface area contributed by atoms with Gasteiger partial charge in [0.05, 0.1) is 36.5 Å². The molecular formula is C15H16BrN3O4S. The lowest BCUT2D eigenvalue weighted by Gasteiger charge is -2.06. The average molecular weight is 414 g/mol. The van der Waals surface area contributed by atoms with Crippen molar-refractivity contribution in [2.75, 3.05) is 19.1 Å². The third kappa shape index (κ3) is 4.93. The smallest absolute Gasteiger partial charge is 0.311 e. The second-order valence-corrected chi connectivity index (χ2v) is 6.26. The highest BCUT2D eigenvalue weighted by Crippen LogP contribution is 2.34. The van der Waals surface area contributed by atoms with E-state index in [1.165, 1.54) is 18.4 Å². The number of anilines is 1.